The number of Topliss-reactive ketones (excluding diaryl/α,β-unsaturated/α-hetero) is 1. The summed E-state index contributed by atoms with van der Waals surface area (Å²) in [7, 11) is 0. The molecule has 0 heterocycles. The van der Waals surface area contributed by atoms with Gasteiger partial charge in [0.25, 0.3) is 0 Å². The van der Waals surface area contributed by atoms with Crippen molar-refractivity contribution in [3.05, 3.63) is 24.3 Å². The first-order valence-electron chi connectivity index (χ1n) is 19.7. The Hall–Kier alpha value is -1.54. The number of carbonyl (C=O) groups is 2. The molecule has 7 heteroatoms. The average Bonchev–Trinajstić information content (AvgIpc) is 3.33. The third-order valence-corrected chi connectivity index (χ3v) is 9.84. The fraction of sp³-hybridized carbons (Fsp3) is 0.850. The van der Waals surface area contributed by atoms with Crippen LogP contribution in [0.3, 0.4) is 0 Å². The van der Waals surface area contributed by atoms with Crippen LogP contribution in [0, 0.1) is 11.8 Å². The lowest BCUT2D eigenvalue weighted by molar-refractivity contribution is -0.123. The Balaban J connectivity index is 2.15. The smallest absolute Gasteiger partial charge is 0.220 e. The van der Waals surface area contributed by atoms with Gasteiger partial charge < -0.3 is 25.7 Å². The third kappa shape index (κ3) is 21.9. The molecule has 0 unspecified atom stereocenters. The number of allylic oxidation sites excluding steroid dienone is 2. The van der Waals surface area contributed by atoms with Crippen LogP contribution in [-0.4, -0.2) is 63.1 Å². The zero-order valence-corrected chi connectivity index (χ0v) is 30.3. The molecular formula is C40H73NO6. The highest BCUT2D eigenvalue weighted by Crippen LogP contribution is 2.34. The van der Waals surface area contributed by atoms with Gasteiger partial charge >= 0.3 is 0 Å². The minimum absolute atomic E-state index is 0.0474. The number of hydrogen-bond donors (Lipinski definition) is 5. The van der Waals surface area contributed by atoms with Crippen LogP contribution in [0.15, 0.2) is 24.3 Å². The highest BCUT2D eigenvalue weighted by Gasteiger charge is 2.39. The Kier molecular flexibility index (Phi) is 27.2. The lowest BCUT2D eigenvalue weighted by atomic mass is 9.88. The van der Waals surface area contributed by atoms with Crippen LogP contribution in [-0.2, 0) is 9.59 Å². The maximum absolute atomic E-state index is 12.4. The maximum atomic E-state index is 12.4. The van der Waals surface area contributed by atoms with Crippen molar-refractivity contribution in [3.8, 4) is 0 Å². The van der Waals surface area contributed by atoms with Crippen molar-refractivity contribution in [1.82, 2.24) is 5.32 Å². The third-order valence-electron chi connectivity index (χ3n) is 9.84. The van der Waals surface area contributed by atoms with Gasteiger partial charge in [-0.25, -0.2) is 0 Å². The molecule has 5 N–H and O–H groups in total. The van der Waals surface area contributed by atoms with Gasteiger partial charge in [0.05, 0.1) is 31.0 Å². The van der Waals surface area contributed by atoms with E-state index in [1.54, 1.807) is 12.2 Å². The highest BCUT2D eigenvalue weighted by molar-refractivity contribution is 5.86. The van der Waals surface area contributed by atoms with Gasteiger partial charge in [0.2, 0.25) is 5.91 Å². The van der Waals surface area contributed by atoms with Gasteiger partial charge in [-0.3, -0.25) is 9.59 Å². The lowest BCUT2D eigenvalue weighted by Gasteiger charge is -2.20. The van der Waals surface area contributed by atoms with Crippen LogP contribution in [0.5, 0.6) is 0 Å². The molecule has 0 aromatic rings. The molecule has 1 aliphatic rings. The van der Waals surface area contributed by atoms with Crippen LogP contribution in [0.2, 0.25) is 0 Å². The quantitative estimate of drug-likeness (QED) is 0.0375. The van der Waals surface area contributed by atoms with E-state index < -0.39 is 24.4 Å². The molecule has 0 aliphatic heterocycles. The van der Waals surface area contributed by atoms with Crippen LogP contribution in [0.25, 0.3) is 0 Å². The second-order valence-electron chi connectivity index (χ2n) is 14.1. The van der Waals surface area contributed by atoms with E-state index in [9.17, 15) is 30.0 Å². The number of ketones is 1. The largest absolute Gasteiger partial charge is 0.394 e. The fourth-order valence-corrected chi connectivity index (χ4v) is 6.73. The standard InChI is InChI=1S/C40H73NO6/c1-3-5-7-8-9-10-11-12-13-14-15-16-17-18-23-27-37(44)36(32-42)41-40(47)28-24-20-19-22-26-34-35(39(46)31-38(34)45)30-29-33(43)25-21-6-4-2/h23,27,29-30,33-38,42-45H,3-22,24-26,28,31-32H2,1-2H3,(H,41,47)/b27-23+,30-29+/t33-,34+,35+,36-,37+,38-/m0/s1. The van der Waals surface area contributed by atoms with Crippen LogP contribution >= 0.6 is 0 Å². The first kappa shape index (κ1) is 43.5. The zero-order chi connectivity index (χ0) is 34.5. The molecule has 1 fully saturated rings. The van der Waals surface area contributed by atoms with E-state index in [-0.39, 0.29) is 36.6 Å². The number of amides is 1. The first-order chi connectivity index (χ1) is 22.8. The molecule has 1 rings (SSSR count). The molecule has 1 amide bonds. The summed E-state index contributed by atoms with van der Waals surface area (Å²) >= 11 is 0. The van der Waals surface area contributed by atoms with Gasteiger partial charge in [0, 0.05) is 18.8 Å². The minimum atomic E-state index is -0.911. The van der Waals surface area contributed by atoms with E-state index in [1.165, 1.54) is 77.0 Å². The fourth-order valence-electron chi connectivity index (χ4n) is 6.73. The number of unbranched alkanes of at least 4 members (excludes halogenated alkanes) is 18. The average molecular weight is 664 g/mol. The number of carbonyl (C=O) groups excluding carboxylic acids is 2. The summed E-state index contributed by atoms with van der Waals surface area (Å²) < 4.78 is 0. The molecule has 0 aromatic carbocycles. The van der Waals surface area contributed by atoms with Gasteiger partial charge in [-0.05, 0) is 38.0 Å². The summed E-state index contributed by atoms with van der Waals surface area (Å²) in [6.07, 6.45) is 31.6. The van der Waals surface area contributed by atoms with E-state index in [2.05, 4.69) is 19.2 Å². The van der Waals surface area contributed by atoms with Crippen LogP contribution < -0.4 is 5.32 Å². The Morgan fingerprint density at radius 2 is 1.34 bits per heavy atom. The summed E-state index contributed by atoms with van der Waals surface area (Å²) in [5.74, 6) is -0.574. The number of rotatable bonds is 31. The summed E-state index contributed by atoms with van der Waals surface area (Å²) in [4.78, 5) is 24.9. The van der Waals surface area contributed by atoms with Gasteiger partial charge in [-0.1, -0.05) is 154 Å². The number of aliphatic hydroxyl groups is 4. The molecular weight excluding hydrogens is 590 g/mol. The van der Waals surface area contributed by atoms with Gasteiger partial charge in [0.15, 0.2) is 0 Å². The number of nitrogens with one attached hydrogen (secondary N) is 1. The molecule has 1 saturated carbocycles. The molecule has 0 saturated heterocycles. The molecule has 0 radical (unpaired) electrons. The number of hydrogen-bond acceptors (Lipinski definition) is 6. The minimum Gasteiger partial charge on any atom is -0.394 e. The molecule has 47 heavy (non-hydrogen) atoms. The summed E-state index contributed by atoms with van der Waals surface area (Å²) in [6, 6.07) is -0.707. The van der Waals surface area contributed by atoms with Gasteiger partial charge in [0.1, 0.15) is 5.78 Å². The van der Waals surface area contributed by atoms with Crippen molar-refractivity contribution in [2.24, 2.45) is 11.8 Å². The van der Waals surface area contributed by atoms with Crippen molar-refractivity contribution < 1.29 is 30.0 Å². The maximum Gasteiger partial charge on any atom is 0.220 e. The van der Waals surface area contributed by atoms with Crippen LogP contribution in [0.4, 0.5) is 0 Å². The van der Waals surface area contributed by atoms with Crippen molar-refractivity contribution >= 4 is 11.7 Å². The molecule has 7 nitrogen and oxygen atoms in total. The van der Waals surface area contributed by atoms with E-state index in [0.717, 1.165) is 57.8 Å². The summed E-state index contributed by atoms with van der Waals surface area (Å²) in [5, 5.41) is 43.6. The SMILES string of the molecule is CCCCCCCCCCCCCCC/C=C/[C@@H](O)[C@H](CO)NC(=O)CCCCCC[C@H]1[C@@H](O)CC(=O)[C@@H]1/C=C/[C@@H](O)CCCCC. The van der Waals surface area contributed by atoms with Gasteiger partial charge in [-0.15, -0.1) is 0 Å². The monoisotopic (exact) mass is 664 g/mol. The van der Waals surface area contributed by atoms with E-state index in [4.69, 9.17) is 0 Å². The summed E-state index contributed by atoms with van der Waals surface area (Å²) in [6.45, 7) is 4.07. The molecule has 0 spiro atoms. The molecule has 0 aromatic heterocycles. The summed E-state index contributed by atoms with van der Waals surface area (Å²) in [5.41, 5.74) is 0. The van der Waals surface area contributed by atoms with Gasteiger partial charge in [-0.2, -0.15) is 0 Å². The van der Waals surface area contributed by atoms with Crippen molar-refractivity contribution in [2.45, 2.75) is 199 Å². The predicted octanol–water partition coefficient (Wildman–Crippen LogP) is 8.27. The Morgan fingerprint density at radius 1 is 0.787 bits per heavy atom. The Morgan fingerprint density at radius 3 is 1.96 bits per heavy atom. The Bertz CT molecular complexity index is 830. The lowest BCUT2D eigenvalue weighted by Crippen LogP contribution is -2.45. The van der Waals surface area contributed by atoms with E-state index >= 15 is 0 Å². The zero-order valence-electron chi connectivity index (χ0n) is 30.3. The second-order valence-corrected chi connectivity index (χ2v) is 14.1. The van der Waals surface area contributed by atoms with E-state index in [0.29, 0.717) is 19.3 Å². The van der Waals surface area contributed by atoms with Crippen molar-refractivity contribution in [2.75, 3.05) is 6.61 Å². The highest BCUT2D eigenvalue weighted by atomic mass is 16.3. The van der Waals surface area contributed by atoms with E-state index in [1.807, 2.05) is 12.2 Å². The topological polar surface area (TPSA) is 127 Å². The predicted molar refractivity (Wildman–Crippen MR) is 194 cm³/mol. The normalized spacial score (nSPS) is 20.4. The Labute approximate surface area is 288 Å². The molecule has 0 bridgehead atoms. The molecule has 274 valence electrons. The first-order valence-corrected chi connectivity index (χ1v) is 19.7. The van der Waals surface area contributed by atoms with Crippen molar-refractivity contribution in [3.63, 3.8) is 0 Å². The molecule has 1 aliphatic carbocycles. The number of aliphatic hydroxyl groups excluding tert-OH is 4. The van der Waals surface area contributed by atoms with Crippen LogP contribution in [0.1, 0.15) is 174 Å². The molecule has 6 atom stereocenters. The second kappa shape index (κ2) is 29.4. The van der Waals surface area contributed by atoms with Crippen molar-refractivity contribution in [1.29, 1.82) is 0 Å².